The number of rotatable bonds is 1. The third-order valence-corrected chi connectivity index (χ3v) is 4.03. The van der Waals surface area contributed by atoms with Crippen LogP contribution in [-0.4, -0.2) is 9.78 Å². The monoisotopic (exact) mass is 377 g/mol. The molecule has 2 aromatic carbocycles. The van der Waals surface area contributed by atoms with Gasteiger partial charge in [0.2, 0.25) is 0 Å². The van der Waals surface area contributed by atoms with Crippen molar-refractivity contribution in [2.75, 3.05) is 0 Å². The molecule has 0 aliphatic rings. The van der Waals surface area contributed by atoms with Crippen molar-refractivity contribution in [3.8, 4) is 17.3 Å². The van der Waals surface area contributed by atoms with Crippen molar-refractivity contribution in [3.63, 3.8) is 0 Å². The Morgan fingerprint density at radius 2 is 2.10 bits per heavy atom. The van der Waals surface area contributed by atoms with E-state index in [0.29, 0.717) is 22.2 Å². The summed E-state index contributed by atoms with van der Waals surface area (Å²) in [6, 6.07) is 10.9. The Kier molecular flexibility index (Phi) is 3.18. The van der Waals surface area contributed by atoms with Gasteiger partial charge in [-0.2, -0.15) is 10.4 Å². The van der Waals surface area contributed by atoms with Gasteiger partial charge in [0.1, 0.15) is 5.82 Å². The molecule has 0 atom stereocenters. The van der Waals surface area contributed by atoms with Gasteiger partial charge < -0.3 is 0 Å². The van der Waals surface area contributed by atoms with Crippen LogP contribution in [0.1, 0.15) is 5.56 Å². The van der Waals surface area contributed by atoms with Gasteiger partial charge >= 0.3 is 0 Å². The van der Waals surface area contributed by atoms with E-state index in [0.717, 1.165) is 8.96 Å². The molecule has 0 N–H and O–H groups in total. The molecule has 0 radical (unpaired) electrons. The van der Waals surface area contributed by atoms with Gasteiger partial charge in [-0.25, -0.2) is 4.39 Å². The van der Waals surface area contributed by atoms with Crippen LogP contribution in [0.15, 0.2) is 36.5 Å². The van der Waals surface area contributed by atoms with Gasteiger partial charge in [-0.3, -0.25) is 4.68 Å². The number of aryl methyl sites for hydroxylation is 1. The first kappa shape index (κ1) is 13.1. The number of aromatic nitrogens is 2. The van der Waals surface area contributed by atoms with Crippen LogP contribution in [0.3, 0.4) is 0 Å². The molecular formula is C15H9FIN3. The minimum absolute atomic E-state index is 0.315. The predicted octanol–water partition coefficient (Wildman–Crippen LogP) is 3.86. The van der Waals surface area contributed by atoms with Crippen molar-refractivity contribution >= 4 is 33.4 Å². The van der Waals surface area contributed by atoms with E-state index in [-0.39, 0.29) is 5.82 Å². The van der Waals surface area contributed by atoms with Crippen LogP contribution in [-0.2, 0) is 7.05 Å². The maximum atomic E-state index is 14.8. The van der Waals surface area contributed by atoms with Crippen molar-refractivity contribution in [2.45, 2.75) is 0 Å². The summed E-state index contributed by atoms with van der Waals surface area (Å²) >= 11 is 2.10. The molecule has 1 aromatic heterocycles. The Morgan fingerprint density at radius 1 is 1.35 bits per heavy atom. The van der Waals surface area contributed by atoms with E-state index in [1.54, 1.807) is 42.2 Å². The van der Waals surface area contributed by atoms with E-state index < -0.39 is 0 Å². The Hall–Kier alpha value is -1.94. The number of hydrogen-bond acceptors (Lipinski definition) is 2. The summed E-state index contributed by atoms with van der Waals surface area (Å²) in [5, 5.41) is 14.7. The van der Waals surface area contributed by atoms with Crippen LogP contribution in [0.5, 0.6) is 0 Å². The smallest absolute Gasteiger partial charge is 0.141 e. The Labute approximate surface area is 128 Å². The van der Waals surface area contributed by atoms with Crippen molar-refractivity contribution in [1.29, 1.82) is 5.26 Å². The highest BCUT2D eigenvalue weighted by Gasteiger charge is 2.20. The van der Waals surface area contributed by atoms with Gasteiger partial charge in [0.25, 0.3) is 0 Å². The fourth-order valence-electron chi connectivity index (χ4n) is 2.31. The lowest BCUT2D eigenvalue weighted by Gasteiger charge is -2.10. The second kappa shape index (κ2) is 4.87. The summed E-state index contributed by atoms with van der Waals surface area (Å²) in [5.74, 6) is -0.374. The molecule has 3 nitrogen and oxygen atoms in total. The average Bonchev–Trinajstić information content (AvgIpc) is 2.78. The Balaban J connectivity index is 2.47. The van der Waals surface area contributed by atoms with Gasteiger partial charge in [-0.1, -0.05) is 24.3 Å². The van der Waals surface area contributed by atoms with E-state index in [9.17, 15) is 9.65 Å². The van der Waals surface area contributed by atoms with Crippen LogP contribution in [0.25, 0.3) is 22.0 Å². The zero-order valence-electron chi connectivity index (χ0n) is 10.6. The van der Waals surface area contributed by atoms with Crippen molar-refractivity contribution in [2.24, 2.45) is 7.05 Å². The predicted molar refractivity (Wildman–Crippen MR) is 83.5 cm³/mol. The second-order valence-electron chi connectivity index (χ2n) is 4.41. The Bertz CT molecular complexity index is 842. The molecule has 0 aliphatic heterocycles. The normalized spacial score (nSPS) is 10.7. The van der Waals surface area contributed by atoms with E-state index in [2.05, 4.69) is 33.8 Å². The highest BCUT2D eigenvalue weighted by molar-refractivity contribution is 14.1. The first-order valence-electron chi connectivity index (χ1n) is 5.92. The molecule has 0 saturated heterocycles. The lowest BCUT2D eigenvalue weighted by atomic mass is 9.98. The van der Waals surface area contributed by atoms with Crippen LogP contribution in [0.2, 0.25) is 0 Å². The maximum Gasteiger partial charge on any atom is 0.141 e. The molecule has 0 saturated carbocycles. The SMILES string of the molecule is Cn1ncc(I)c1-c1c(C#N)cc2ccccc2c1F. The minimum Gasteiger partial charge on any atom is -0.267 e. The van der Waals surface area contributed by atoms with E-state index in [1.807, 2.05) is 6.07 Å². The summed E-state index contributed by atoms with van der Waals surface area (Å²) in [4.78, 5) is 0. The summed E-state index contributed by atoms with van der Waals surface area (Å²) in [5.41, 5.74) is 1.27. The molecule has 5 heteroatoms. The molecule has 20 heavy (non-hydrogen) atoms. The highest BCUT2D eigenvalue weighted by atomic mass is 127. The van der Waals surface area contributed by atoms with Gasteiger partial charge in [0, 0.05) is 12.4 Å². The third-order valence-electron chi connectivity index (χ3n) is 3.24. The van der Waals surface area contributed by atoms with Gasteiger partial charge in [-0.05, 0) is 34.0 Å². The number of fused-ring (bicyclic) bond motifs is 1. The van der Waals surface area contributed by atoms with Crippen molar-refractivity contribution < 1.29 is 4.39 Å². The maximum absolute atomic E-state index is 14.8. The quantitative estimate of drug-likeness (QED) is 0.605. The molecule has 0 spiro atoms. The minimum atomic E-state index is -0.374. The molecule has 98 valence electrons. The molecule has 0 unspecified atom stereocenters. The van der Waals surface area contributed by atoms with Crippen molar-refractivity contribution in [3.05, 3.63) is 51.5 Å². The fraction of sp³-hybridized carbons (Fsp3) is 0.0667. The largest absolute Gasteiger partial charge is 0.267 e. The molecule has 1 heterocycles. The summed E-state index contributed by atoms with van der Waals surface area (Å²) in [6.07, 6.45) is 1.66. The standard InChI is InChI=1S/C15H9FIN3/c1-20-15(12(17)8-19-20)13-10(7-18)6-9-4-2-3-5-11(9)14(13)16/h2-6,8H,1H3. The Morgan fingerprint density at radius 3 is 2.75 bits per heavy atom. The molecule has 3 rings (SSSR count). The average molecular weight is 377 g/mol. The molecular weight excluding hydrogens is 368 g/mol. The summed E-state index contributed by atoms with van der Waals surface area (Å²) < 4.78 is 17.3. The molecule has 0 aliphatic carbocycles. The van der Waals surface area contributed by atoms with Crippen LogP contribution >= 0.6 is 22.6 Å². The lowest BCUT2D eigenvalue weighted by molar-refractivity contribution is 0.639. The topological polar surface area (TPSA) is 41.6 Å². The van der Waals surface area contributed by atoms with Gasteiger partial charge in [0.05, 0.1) is 32.7 Å². The summed E-state index contributed by atoms with van der Waals surface area (Å²) in [7, 11) is 1.74. The van der Waals surface area contributed by atoms with E-state index >= 15 is 0 Å². The zero-order valence-corrected chi connectivity index (χ0v) is 12.7. The first-order valence-corrected chi connectivity index (χ1v) is 7.00. The highest BCUT2D eigenvalue weighted by Crippen LogP contribution is 2.34. The van der Waals surface area contributed by atoms with Gasteiger partial charge in [0.15, 0.2) is 0 Å². The van der Waals surface area contributed by atoms with Crippen LogP contribution < -0.4 is 0 Å². The van der Waals surface area contributed by atoms with E-state index in [1.165, 1.54) is 0 Å². The number of benzene rings is 2. The molecule has 0 fully saturated rings. The second-order valence-corrected chi connectivity index (χ2v) is 5.57. The first-order chi connectivity index (χ1) is 9.63. The fourth-order valence-corrected chi connectivity index (χ4v) is 3.06. The molecule has 0 bridgehead atoms. The molecule has 3 aromatic rings. The zero-order chi connectivity index (χ0) is 14.3. The lowest BCUT2D eigenvalue weighted by Crippen LogP contribution is -2.00. The third kappa shape index (κ3) is 1.88. The van der Waals surface area contributed by atoms with E-state index in [4.69, 9.17) is 0 Å². The van der Waals surface area contributed by atoms with Crippen LogP contribution in [0.4, 0.5) is 4.39 Å². The van der Waals surface area contributed by atoms with Crippen molar-refractivity contribution in [1.82, 2.24) is 9.78 Å². The number of nitriles is 1. The summed E-state index contributed by atoms with van der Waals surface area (Å²) in [6.45, 7) is 0. The van der Waals surface area contributed by atoms with Gasteiger partial charge in [-0.15, -0.1) is 0 Å². The number of nitrogens with zero attached hydrogens (tertiary/aromatic N) is 3. The number of hydrogen-bond donors (Lipinski definition) is 0. The number of halogens is 2. The molecule has 0 amide bonds. The van der Waals surface area contributed by atoms with Crippen LogP contribution in [0, 0.1) is 20.7 Å².